The molecular formula is C14H15Cl2NO2. The molecule has 0 heterocycles. The van der Waals surface area contributed by atoms with Crippen molar-refractivity contribution >= 4 is 29.2 Å². The molecule has 5 heteroatoms. The molecule has 3 nitrogen and oxygen atoms in total. The van der Waals surface area contributed by atoms with E-state index in [-0.39, 0.29) is 12.4 Å². The molecule has 0 aromatic heterocycles. The molecule has 0 fully saturated rings. The van der Waals surface area contributed by atoms with Crippen molar-refractivity contribution in [2.45, 2.75) is 39.2 Å². The van der Waals surface area contributed by atoms with Crippen LogP contribution < -0.4 is 0 Å². The third-order valence-electron chi connectivity index (χ3n) is 2.28. The molecule has 0 aliphatic rings. The molecule has 1 aromatic rings. The first-order chi connectivity index (χ1) is 8.73. The van der Waals surface area contributed by atoms with Gasteiger partial charge in [-0.25, -0.2) is 0 Å². The molecule has 0 saturated heterocycles. The summed E-state index contributed by atoms with van der Waals surface area (Å²) in [7, 11) is 0. The van der Waals surface area contributed by atoms with Crippen LogP contribution in [0.1, 0.15) is 38.3 Å². The summed E-state index contributed by atoms with van der Waals surface area (Å²) >= 11 is 12.0. The van der Waals surface area contributed by atoms with Crippen LogP contribution in [0.3, 0.4) is 0 Å². The summed E-state index contributed by atoms with van der Waals surface area (Å²) in [5.41, 5.74) is 0.563. The van der Waals surface area contributed by atoms with Gasteiger partial charge in [-0.15, -0.1) is 0 Å². The second-order valence-corrected chi connectivity index (χ2v) is 5.94. The van der Waals surface area contributed by atoms with E-state index in [1.165, 1.54) is 6.07 Å². The highest BCUT2D eigenvalue weighted by atomic mass is 35.5. The molecule has 0 atom stereocenters. The molecular weight excluding hydrogens is 285 g/mol. The molecule has 0 aliphatic carbocycles. The lowest BCUT2D eigenvalue weighted by molar-refractivity contribution is -0.154. The first-order valence-corrected chi connectivity index (χ1v) is 6.58. The summed E-state index contributed by atoms with van der Waals surface area (Å²) in [5, 5.41) is 9.59. The van der Waals surface area contributed by atoms with Crippen LogP contribution in [0.5, 0.6) is 0 Å². The topological polar surface area (TPSA) is 50.1 Å². The van der Waals surface area contributed by atoms with Crippen molar-refractivity contribution in [3.05, 3.63) is 33.3 Å². The zero-order valence-corrected chi connectivity index (χ0v) is 12.6. The van der Waals surface area contributed by atoms with Crippen molar-refractivity contribution < 1.29 is 9.53 Å². The van der Waals surface area contributed by atoms with Gasteiger partial charge in [0.15, 0.2) is 0 Å². The van der Waals surface area contributed by atoms with Gasteiger partial charge in [0, 0.05) is 11.4 Å². The average Bonchev–Trinajstić information content (AvgIpc) is 2.27. The third-order valence-corrected chi connectivity index (χ3v) is 2.94. The number of rotatable bonds is 3. The number of hydrogen-bond donors (Lipinski definition) is 0. The Morgan fingerprint density at radius 1 is 1.32 bits per heavy atom. The molecule has 1 aromatic carbocycles. The van der Waals surface area contributed by atoms with Crippen LogP contribution in [0.2, 0.25) is 10.0 Å². The second-order valence-electron chi connectivity index (χ2n) is 5.12. The Kier molecular flexibility index (Phi) is 5.22. The van der Waals surface area contributed by atoms with Crippen LogP contribution in [-0.4, -0.2) is 11.6 Å². The number of carbonyl (C=O) groups is 1. The summed E-state index contributed by atoms with van der Waals surface area (Å²) in [5.74, 6) is -0.288. The SMILES string of the molecule is CC(C)(C)OC(=O)CCc1cc(Cl)c(C#N)cc1Cl. The number of carbonyl (C=O) groups excluding carboxylic acids is 1. The lowest BCUT2D eigenvalue weighted by Crippen LogP contribution is -2.24. The highest BCUT2D eigenvalue weighted by Crippen LogP contribution is 2.26. The minimum absolute atomic E-state index is 0.221. The van der Waals surface area contributed by atoms with E-state index >= 15 is 0 Å². The highest BCUT2D eigenvalue weighted by Gasteiger charge is 2.16. The van der Waals surface area contributed by atoms with Gasteiger partial charge >= 0.3 is 5.97 Å². The maximum atomic E-state index is 11.6. The number of halogens is 2. The van der Waals surface area contributed by atoms with Gasteiger partial charge in [-0.05, 0) is 44.9 Å². The van der Waals surface area contributed by atoms with E-state index in [9.17, 15) is 4.79 Å². The fourth-order valence-electron chi connectivity index (χ4n) is 1.49. The largest absolute Gasteiger partial charge is 0.460 e. The van der Waals surface area contributed by atoms with Crippen LogP contribution in [-0.2, 0) is 16.0 Å². The standard InChI is InChI=1S/C14H15Cl2NO2/c1-14(2,3)19-13(18)5-4-9-6-12(16)10(8-17)7-11(9)15/h6-7H,4-5H2,1-3H3. The first-order valence-electron chi connectivity index (χ1n) is 5.83. The molecule has 0 radical (unpaired) electrons. The number of nitrogens with zero attached hydrogens (tertiary/aromatic N) is 1. The molecule has 0 unspecified atom stereocenters. The van der Waals surface area contributed by atoms with Crippen LogP contribution in [0.4, 0.5) is 0 Å². The summed E-state index contributed by atoms with van der Waals surface area (Å²) < 4.78 is 5.21. The molecule has 0 spiro atoms. The fourth-order valence-corrected chi connectivity index (χ4v) is 1.98. The van der Waals surface area contributed by atoms with Crippen molar-refractivity contribution in [2.75, 3.05) is 0 Å². The van der Waals surface area contributed by atoms with E-state index in [0.717, 1.165) is 5.56 Å². The zero-order chi connectivity index (χ0) is 14.6. The molecule has 1 rings (SSSR count). The first kappa shape index (κ1) is 15.8. The molecule has 0 bridgehead atoms. The Morgan fingerprint density at radius 2 is 1.95 bits per heavy atom. The van der Waals surface area contributed by atoms with Crippen LogP contribution in [0.25, 0.3) is 0 Å². The van der Waals surface area contributed by atoms with Gasteiger partial charge in [0.2, 0.25) is 0 Å². The summed E-state index contributed by atoms with van der Waals surface area (Å²) in [6.45, 7) is 5.45. The van der Waals surface area contributed by atoms with Gasteiger partial charge in [-0.3, -0.25) is 4.79 Å². The smallest absolute Gasteiger partial charge is 0.306 e. The molecule has 102 valence electrons. The average molecular weight is 300 g/mol. The Labute approximate surface area is 123 Å². The molecule has 0 saturated carbocycles. The lowest BCUT2D eigenvalue weighted by atomic mass is 10.1. The lowest BCUT2D eigenvalue weighted by Gasteiger charge is -2.19. The minimum Gasteiger partial charge on any atom is -0.460 e. The summed E-state index contributed by atoms with van der Waals surface area (Å²) in [6.07, 6.45) is 0.651. The van der Waals surface area contributed by atoms with E-state index in [4.69, 9.17) is 33.2 Å². The van der Waals surface area contributed by atoms with Gasteiger partial charge in [-0.2, -0.15) is 5.26 Å². The zero-order valence-electron chi connectivity index (χ0n) is 11.1. The van der Waals surface area contributed by atoms with E-state index in [1.807, 2.05) is 26.8 Å². The van der Waals surface area contributed by atoms with E-state index in [0.29, 0.717) is 22.0 Å². The molecule has 0 aliphatic heterocycles. The number of benzene rings is 1. The predicted octanol–water partition coefficient (Wildman–Crippen LogP) is 4.14. The van der Waals surface area contributed by atoms with E-state index in [2.05, 4.69) is 0 Å². The maximum Gasteiger partial charge on any atom is 0.306 e. The predicted molar refractivity (Wildman–Crippen MR) is 75.3 cm³/mol. The fraction of sp³-hybridized carbons (Fsp3) is 0.429. The van der Waals surface area contributed by atoms with Gasteiger partial charge in [-0.1, -0.05) is 23.2 Å². The van der Waals surface area contributed by atoms with Gasteiger partial charge in [0.1, 0.15) is 11.7 Å². The van der Waals surface area contributed by atoms with Crippen LogP contribution in [0.15, 0.2) is 12.1 Å². The number of aryl methyl sites for hydroxylation is 1. The van der Waals surface area contributed by atoms with Crippen LogP contribution >= 0.6 is 23.2 Å². The van der Waals surface area contributed by atoms with Crippen molar-refractivity contribution in [1.82, 2.24) is 0 Å². The molecule has 19 heavy (non-hydrogen) atoms. The van der Waals surface area contributed by atoms with E-state index in [1.54, 1.807) is 6.07 Å². The monoisotopic (exact) mass is 299 g/mol. The second kappa shape index (κ2) is 6.27. The van der Waals surface area contributed by atoms with Crippen molar-refractivity contribution in [1.29, 1.82) is 5.26 Å². The van der Waals surface area contributed by atoms with Crippen molar-refractivity contribution in [3.63, 3.8) is 0 Å². The normalized spacial score (nSPS) is 10.9. The third kappa shape index (κ3) is 5.10. The van der Waals surface area contributed by atoms with Crippen molar-refractivity contribution in [2.24, 2.45) is 0 Å². The number of hydrogen-bond acceptors (Lipinski definition) is 3. The molecule has 0 N–H and O–H groups in total. The van der Waals surface area contributed by atoms with Crippen molar-refractivity contribution in [3.8, 4) is 6.07 Å². The summed E-state index contributed by atoms with van der Waals surface area (Å²) in [4.78, 5) is 11.6. The van der Waals surface area contributed by atoms with Gasteiger partial charge < -0.3 is 4.74 Å². The Balaban J connectivity index is 2.72. The Morgan fingerprint density at radius 3 is 2.47 bits per heavy atom. The number of esters is 1. The van der Waals surface area contributed by atoms with Crippen LogP contribution in [0, 0.1) is 11.3 Å². The Bertz CT molecular complexity index is 527. The Hall–Kier alpha value is -1.24. The van der Waals surface area contributed by atoms with Gasteiger partial charge in [0.25, 0.3) is 0 Å². The minimum atomic E-state index is -0.497. The van der Waals surface area contributed by atoms with E-state index < -0.39 is 5.60 Å². The summed E-state index contributed by atoms with van der Waals surface area (Å²) in [6, 6.07) is 5.08. The highest BCUT2D eigenvalue weighted by molar-refractivity contribution is 6.34. The quantitative estimate of drug-likeness (QED) is 0.788. The maximum absolute atomic E-state index is 11.6. The number of ether oxygens (including phenoxy) is 1. The van der Waals surface area contributed by atoms with Gasteiger partial charge in [0.05, 0.1) is 10.6 Å². The number of nitriles is 1. The molecule has 0 amide bonds.